The van der Waals surface area contributed by atoms with Crippen LogP contribution in [0, 0.1) is 5.82 Å². The molecule has 6 heteroatoms. The molecule has 0 aliphatic carbocycles. The Hall–Kier alpha value is -3.93. The van der Waals surface area contributed by atoms with E-state index in [4.69, 9.17) is 4.74 Å². The molecule has 3 aromatic rings. The van der Waals surface area contributed by atoms with Gasteiger partial charge in [-0.1, -0.05) is 67.9 Å². The van der Waals surface area contributed by atoms with Gasteiger partial charge in [-0.25, -0.2) is 4.39 Å². The standard InChI is InChI=1S/C29H28FNO4/c1-2-3-18-35-24-11-7-10-22(19-24)27(32)25-26(21-12-14-23(30)15-13-21)31(29(34)28(25)33)17-16-20-8-5-4-6-9-20/h4-15,19,26,32H,2-3,16-18H2,1H3/b27-25+. The van der Waals surface area contributed by atoms with Crippen molar-refractivity contribution in [3.8, 4) is 5.75 Å². The molecule has 4 rings (SSSR count). The van der Waals surface area contributed by atoms with Gasteiger partial charge in [0.05, 0.1) is 18.2 Å². The molecule has 1 amide bonds. The minimum Gasteiger partial charge on any atom is -0.507 e. The maximum Gasteiger partial charge on any atom is 0.295 e. The summed E-state index contributed by atoms with van der Waals surface area (Å²) in [6.07, 6.45) is 2.42. The molecule has 0 spiro atoms. The van der Waals surface area contributed by atoms with Crippen LogP contribution >= 0.6 is 0 Å². The number of ether oxygens (including phenoxy) is 1. The lowest BCUT2D eigenvalue weighted by molar-refractivity contribution is -0.139. The summed E-state index contributed by atoms with van der Waals surface area (Å²) in [7, 11) is 0. The summed E-state index contributed by atoms with van der Waals surface area (Å²) >= 11 is 0. The van der Waals surface area contributed by atoms with Gasteiger partial charge in [-0.3, -0.25) is 9.59 Å². The Bertz CT molecular complexity index is 1220. The van der Waals surface area contributed by atoms with E-state index in [1.807, 2.05) is 30.3 Å². The summed E-state index contributed by atoms with van der Waals surface area (Å²) in [6.45, 7) is 2.88. The lowest BCUT2D eigenvalue weighted by atomic mass is 9.95. The Morgan fingerprint density at radius 1 is 1.00 bits per heavy atom. The lowest BCUT2D eigenvalue weighted by Crippen LogP contribution is -2.31. The molecule has 3 aromatic carbocycles. The first-order valence-corrected chi connectivity index (χ1v) is 11.8. The largest absolute Gasteiger partial charge is 0.507 e. The maximum absolute atomic E-state index is 13.7. The number of ketones is 1. The third-order valence-corrected chi connectivity index (χ3v) is 6.08. The zero-order valence-electron chi connectivity index (χ0n) is 19.6. The topological polar surface area (TPSA) is 66.8 Å². The molecule has 5 nitrogen and oxygen atoms in total. The van der Waals surface area contributed by atoms with E-state index in [9.17, 15) is 19.1 Å². The highest BCUT2D eigenvalue weighted by atomic mass is 19.1. The summed E-state index contributed by atoms with van der Waals surface area (Å²) in [5, 5.41) is 11.2. The molecule has 1 saturated heterocycles. The number of nitrogens with zero attached hydrogens (tertiary/aromatic N) is 1. The third-order valence-electron chi connectivity index (χ3n) is 6.08. The number of benzene rings is 3. The van der Waals surface area contributed by atoms with E-state index in [2.05, 4.69) is 6.92 Å². The minimum absolute atomic E-state index is 0.0135. The Morgan fingerprint density at radius 3 is 2.46 bits per heavy atom. The van der Waals surface area contributed by atoms with Crippen molar-refractivity contribution >= 4 is 17.4 Å². The van der Waals surface area contributed by atoms with Crippen molar-refractivity contribution in [2.24, 2.45) is 0 Å². The van der Waals surface area contributed by atoms with Crippen LogP contribution in [0.1, 0.15) is 42.5 Å². The number of carbonyl (C=O) groups is 2. The quantitative estimate of drug-likeness (QED) is 0.188. The van der Waals surface area contributed by atoms with Crippen LogP contribution in [-0.4, -0.2) is 34.8 Å². The van der Waals surface area contributed by atoms with Crippen LogP contribution in [0.3, 0.4) is 0 Å². The smallest absolute Gasteiger partial charge is 0.295 e. The van der Waals surface area contributed by atoms with E-state index in [-0.39, 0.29) is 17.9 Å². The summed E-state index contributed by atoms with van der Waals surface area (Å²) < 4.78 is 19.4. The molecule has 180 valence electrons. The molecule has 0 aromatic heterocycles. The average molecular weight is 474 g/mol. The number of carbonyl (C=O) groups excluding carboxylic acids is 2. The normalized spacial score (nSPS) is 17.1. The SMILES string of the molecule is CCCCOc1cccc(/C(O)=C2\C(=O)C(=O)N(CCc3ccccc3)C2c2ccc(F)cc2)c1. The average Bonchev–Trinajstić information content (AvgIpc) is 3.13. The zero-order chi connectivity index (χ0) is 24.8. The van der Waals surface area contributed by atoms with Gasteiger partial charge in [0.15, 0.2) is 0 Å². The van der Waals surface area contributed by atoms with Crippen LogP contribution < -0.4 is 4.74 Å². The highest BCUT2D eigenvalue weighted by Gasteiger charge is 2.45. The molecule has 35 heavy (non-hydrogen) atoms. The Kier molecular flexibility index (Phi) is 7.60. The predicted molar refractivity (Wildman–Crippen MR) is 132 cm³/mol. The number of hydrogen-bond donors (Lipinski definition) is 1. The van der Waals surface area contributed by atoms with E-state index < -0.39 is 23.5 Å². The first-order chi connectivity index (χ1) is 17.0. The number of likely N-dealkylation sites (tertiary alicyclic amines) is 1. The van der Waals surface area contributed by atoms with Crippen molar-refractivity contribution in [1.29, 1.82) is 0 Å². The molecule has 1 aliphatic heterocycles. The third kappa shape index (κ3) is 5.43. The van der Waals surface area contributed by atoms with Crippen LogP contribution in [0.5, 0.6) is 5.75 Å². The van der Waals surface area contributed by atoms with E-state index in [1.54, 1.807) is 36.4 Å². The number of Topliss-reactive ketones (excluding diaryl/α,β-unsaturated/α-hetero) is 1. The molecule has 0 bridgehead atoms. The monoisotopic (exact) mass is 473 g/mol. The van der Waals surface area contributed by atoms with E-state index in [1.165, 1.54) is 17.0 Å². The molecule has 1 N–H and O–H groups in total. The molecule has 1 aliphatic rings. The predicted octanol–water partition coefficient (Wildman–Crippen LogP) is 5.67. The number of rotatable bonds is 9. The van der Waals surface area contributed by atoms with Crippen molar-refractivity contribution in [1.82, 2.24) is 4.90 Å². The Balaban J connectivity index is 1.73. The Morgan fingerprint density at radius 2 is 1.74 bits per heavy atom. The first-order valence-electron chi connectivity index (χ1n) is 11.8. The first kappa shape index (κ1) is 24.2. The highest BCUT2D eigenvalue weighted by molar-refractivity contribution is 6.46. The van der Waals surface area contributed by atoms with Crippen LogP contribution in [0.25, 0.3) is 5.76 Å². The zero-order valence-corrected chi connectivity index (χ0v) is 19.6. The Labute approximate surface area is 204 Å². The number of hydrogen-bond acceptors (Lipinski definition) is 4. The fourth-order valence-electron chi connectivity index (χ4n) is 4.22. The van der Waals surface area contributed by atoms with Gasteiger partial charge in [-0.05, 0) is 48.2 Å². The second kappa shape index (κ2) is 11.0. The second-order valence-corrected chi connectivity index (χ2v) is 8.51. The van der Waals surface area contributed by atoms with Gasteiger partial charge in [0.25, 0.3) is 11.7 Å². The van der Waals surface area contributed by atoms with Crippen LogP contribution in [0.4, 0.5) is 4.39 Å². The highest BCUT2D eigenvalue weighted by Crippen LogP contribution is 2.39. The van der Waals surface area contributed by atoms with Crippen molar-refractivity contribution in [3.63, 3.8) is 0 Å². The van der Waals surface area contributed by atoms with E-state index in [0.29, 0.717) is 29.9 Å². The van der Waals surface area contributed by atoms with Crippen LogP contribution in [0.2, 0.25) is 0 Å². The van der Waals surface area contributed by atoms with E-state index >= 15 is 0 Å². The minimum atomic E-state index is -0.830. The molecule has 0 radical (unpaired) electrons. The molecule has 1 unspecified atom stereocenters. The van der Waals surface area contributed by atoms with Gasteiger partial charge in [-0.15, -0.1) is 0 Å². The van der Waals surface area contributed by atoms with Crippen LogP contribution in [-0.2, 0) is 16.0 Å². The molecule has 1 atom stereocenters. The summed E-state index contributed by atoms with van der Waals surface area (Å²) in [5.41, 5.74) is 1.94. The fraction of sp³-hybridized carbons (Fsp3) is 0.241. The number of aliphatic hydroxyl groups is 1. The molecular formula is C29H28FNO4. The number of unbranched alkanes of at least 4 members (excludes halogenated alkanes) is 1. The van der Waals surface area contributed by atoms with Crippen molar-refractivity contribution < 1.29 is 23.8 Å². The second-order valence-electron chi connectivity index (χ2n) is 8.51. The van der Waals surface area contributed by atoms with Crippen molar-refractivity contribution in [2.75, 3.05) is 13.2 Å². The summed E-state index contributed by atoms with van der Waals surface area (Å²) in [6, 6.07) is 21.3. The number of halogens is 1. The van der Waals surface area contributed by atoms with Crippen molar-refractivity contribution in [3.05, 3.63) is 107 Å². The molecular weight excluding hydrogens is 445 g/mol. The van der Waals surface area contributed by atoms with Crippen LogP contribution in [0.15, 0.2) is 84.4 Å². The molecule has 1 heterocycles. The van der Waals surface area contributed by atoms with E-state index in [0.717, 1.165) is 18.4 Å². The van der Waals surface area contributed by atoms with Gasteiger partial charge in [0.1, 0.15) is 17.3 Å². The number of aliphatic hydroxyl groups excluding tert-OH is 1. The fourth-order valence-corrected chi connectivity index (χ4v) is 4.22. The van der Waals surface area contributed by atoms with Gasteiger partial charge < -0.3 is 14.7 Å². The maximum atomic E-state index is 13.7. The lowest BCUT2D eigenvalue weighted by Gasteiger charge is -2.25. The molecule has 0 saturated carbocycles. The van der Waals surface area contributed by atoms with Gasteiger partial charge in [-0.2, -0.15) is 0 Å². The summed E-state index contributed by atoms with van der Waals surface area (Å²) in [5.74, 6) is -1.58. The summed E-state index contributed by atoms with van der Waals surface area (Å²) in [4.78, 5) is 27.7. The van der Waals surface area contributed by atoms with Gasteiger partial charge >= 0.3 is 0 Å². The van der Waals surface area contributed by atoms with Crippen molar-refractivity contribution in [2.45, 2.75) is 32.2 Å². The van der Waals surface area contributed by atoms with Gasteiger partial charge in [0.2, 0.25) is 0 Å². The van der Waals surface area contributed by atoms with Gasteiger partial charge in [0, 0.05) is 12.1 Å². The number of amides is 1. The molecule has 1 fully saturated rings.